The van der Waals surface area contributed by atoms with Gasteiger partial charge in [0.25, 0.3) is 0 Å². The van der Waals surface area contributed by atoms with E-state index >= 15 is 4.79 Å². The summed E-state index contributed by atoms with van der Waals surface area (Å²) >= 11 is 0. The van der Waals surface area contributed by atoms with E-state index in [-0.39, 0.29) is 86.9 Å². The average Bonchev–Trinajstić information content (AvgIpc) is 1.82. The summed E-state index contributed by atoms with van der Waals surface area (Å²) in [6, 6.07) is 19.0. The van der Waals surface area contributed by atoms with Crippen LogP contribution in [0.2, 0.25) is 0 Å². The molecule has 5 aromatic carbocycles. The number of nitrogens with one attached hydrogen (secondary N) is 1. The number of phenols is 2. The Labute approximate surface area is 509 Å². The Bertz CT molecular complexity index is 3580. The largest absolute Gasteiger partial charge is 0.507 e. The number of ether oxygens (including phenoxy) is 1. The standard InChI is InChI=1S/C66H75NO10S6/c1-32(2)20-38-24-44-47-31-81-82-52-13-11-39(67-58(52)37-8-3-6-33(21-37)22-43(47)59(38)71)30-80-79-29-34-7-4-16-66(75,28-34)17-14-35-23-36-10-12-41-56-53(36)42(40(35)15-18-68)25-45-54(56)46-26-50(48(69)9-5-19-78-83-65(41)60(46)72)76-64-55(45)49(70)27-51-57(64)61(73)62(74)63(44)77-51/h3,6,8,10,12,21,24-25,27,32,34-35,39-40,46,48,50,52,58,60,65,67-72,74-75H,4-5,7,9,11,13-20,22-23,26,28-31H2,1-2H3/t34-,35+,39-,40-,46+,48-,50-,52-,58-,60-,65-,66-/m0/s1. The molecule has 8 N–H and O–H groups in total. The Hall–Kier alpha value is -3.33. The van der Waals surface area contributed by atoms with Gasteiger partial charge in [-0.25, -0.2) is 0 Å². The number of benzene rings is 5. The highest BCUT2D eigenvalue weighted by Crippen LogP contribution is 2.62. The van der Waals surface area contributed by atoms with Gasteiger partial charge in [0.1, 0.15) is 34.3 Å². The molecule has 8 aliphatic heterocycles. The van der Waals surface area contributed by atoms with Crippen molar-refractivity contribution in [3.05, 3.63) is 115 Å². The highest BCUT2D eigenvalue weighted by Gasteiger charge is 2.48. The van der Waals surface area contributed by atoms with E-state index in [0.29, 0.717) is 78.5 Å². The number of aromatic hydroxyl groups is 3. The van der Waals surface area contributed by atoms with Crippen LogP contribution in [0.4, 0.5) is 0 Å². The van der Waals surface area contributed by atoms with Crippen molar-refractivity contribution < 1.29 is 44.9 Å². The van der Waals surface area contributed by atoms with Crippen molar-refractivity contribution in [2.75, 3.05) is 23.9 Å². The molecule has 19 bridgehead atoms. The van der Waals surface area contributed by atoms with E-state index in [1.54, 1.807) is 32.4 Å². The first-order valence-corrected chi connectivity index (χ1v) is 37.6. The lowest BCUT2D eigenvalue weighted by Gasteiger charge is -2.44. The van der Waals surface area contributed by atoms with Crippen molar-refractivity contribution in [3.63, 3.8) is 0 Å². The summed E-state index contributed by atoms with van der Waals surface area (Å²) in [6.45, 7) is 4.15. The van der Waals surface area contributed by atoms with Crippen LogP contribution in [0.15, 0.2) is 63.8 Å². The minimum absolute atomic E-state index is 0.0000829. The van der Waals surface area contributed by atoms with E-state index < -0.39 is 41.0 Å². The van der Waals surface area contributed by atoms with Crippen molar-refractivity contribution in [2.45, 2.75) is 174 Å². The Morgan fingerprint density at radius 1 is 0.831 bits per heavy atom. The molecule has 12 atom stereocenters. The molecule has 9 heterocycles. The number of hydrogen-bond acceptors (Lipinski definition) is 17. The van der Waals surface area contributed by atoms with Gasteiger partial charge in [-0.3, -0.25) is 4.79 Å². The van der Waals surface area contributed by atoms with Gasteiger partial charge in [0, 0.05) is 76.5 Å². The molecule has 0 spiro atoms. The van der Waals surface area contributed by atoms with Gasteiger partial charge in [-0.15, -0.1) is 0 Å². The van der Waals surface area contributed by atoms with Gasteiger partial charge in [-0.05, 0) is 180 Å². The number of piperidine rings is 1. The maximum Gasteiger partial charge on any atom is 0.238 e. The fourth-order valence-corrected chi connectivity index (χ4v) is 24.6. The van der Waals surface area contributed by atoms with E-state index in [2.05, 4.69) is 61.6 Å². The molecule has 6 aromatic rings. The first kappa shape index (κ1) is 57.4. The van der Waals surface area contributed by atoms with Crippen molar-refractivity contribution in [2.24, 2.45) is 17.8 Å². The van der Waals surface area contributed by atoms with Gasteiger partial charge in [-0.2, -0.15) is 0 Å². The van der Waals surface area contributed by atoms with Gasteiger partial charge in [-0.1, -0.05) is 121 Å². The van der Waals surface area contributed by atoms with Crippen LogP contribution < -0.4 is 15.5 Å². The average molecular weight is 1230 g/mol. The summed E-state index contributed by atoms with van der Waals surface area (Å²) < 4.78 is 14.1. The molecule has 11 aliphatic rings. The second-order valence-corrected chi connectivity index (χ2v) is 33.5. The Morgan fingerprint density at radius 3 is 2.55 bits per heavy atom. The highest BCUT2D eigenvalue weighted by atomic mass is 33.1. The molecule has 0 amide bonds. The monoisotopic (exact) mass is 1230 g/mol. The fraction of sp³-hybridized carbons (Fsp3) is 0.530. The Morgan fingerprint density at radius 2 is 1.70 bits per heavy atom. The predicted octanol–water partition coefficient (Wildman–Crippen LogP) is 14.2. The topological polar surface area (TPSA) is 193 Å². The third kappa shape index (κ3) is 10.4. The zero-order valence-electron chi connectivity index (χ0n) is 47.1. The maximum atomic E-state index is 15.7. The van der Waals surface area contributed by atoms with Crippen LogP contribution in [0.3, 0.4) is 0 Å². The molecule has 1 saturated carbocycles. The van der Waals surface area contributed by atoms with Crippen LogP contribution in [0, 0.1) is 17.8 Å². The lowest BCUT2D eigenvalue weighted by Crippen LogP contribution is -2.44. The summed E-state index contributed by atoms with van der Waals surface area (Å²) in [5.41, 5.74) is 8.24. The zero-order chi connectivity index (χ0) is 57.0. The van der Waals surface area contributed by atoms with Gasteiger partial charge in [0.2, 0.25) is 11.2 Å². The first-order valence-electron chi connectivity index (χ1n) is 30.3. The number of fused-ring (bicyclic) bond motifs is 6. The van der Waals surface area contributed by atoms with Crippen molar-refractivity contribution in [1.29, 1.82) is 0 Å². The first-order chi connectivity index (χ1) is 40.2. The van der Waals surface area contributed by atoms with E-state index in [4.69, 9.17) is 9.15 Å². The van der Waals surface area contributed by atoms with Crippen molar-refractivity contribution >= 4 is 86.5 Å². The number of rotatable bonds is 4. The molecular weight excluding hydrogens is 1160 g/mol. The van der Waals surface area contributed by atoms with Crippen molar-refractivity contribution in [3.8, 4) is 45.4 Å². The number of aliphatic hydroxyl groups is 4. The zero-order valence-corrected chi connectivity index (χ0v) is 52.0. The number of phenolic OH excluding ortho intramolecular Hbond substituents is 2. The quantitative estimate of drug-likeness (QED) is 0.0777. The molecular formula is C66H75NO10S6. The van der Waals surface area contributed by atoms with Crippen LogP contribution in [0.1, 0.15) is 164 Å². The molecule has 83 heavy (non-hydrogen) atoms. The molecule has 17 heteroatoms. The normalized spacial score (nSPS) is 30.6. The SMILES string of the molecule is CC(C)Cc1cc2c3c(c1O)Cc1cccc(c1)[C@@H]1N[C@@H](CC[C@@H]1SSC3)CSSC[C@H]1CCC[C@](O)(CC[C@@H]3Cc4ccc5c6c7c(cc(c46)[C@H]3CCO)-c3c(O)cc4oc-2c(O)c(=O)c4c3O[C@H]2C[C@H]7[C@H](O)[C@H]5SSCCC[C@@H]2O)C1. The van der Waals surface area contributed by atoms with Crippen LogP contribution >= 0.6 is 64.8 Å². The summed E-state index contributed by atoms with van der Waals surface area (Å²) in [5.74, 6) is 2.44. The summed E-state index contributed by atoms with van der Waals surface area (Å²) in [7, 11) is 10.8. The lowest BCUT2D eigenvalue weighted by molar-refractivity contribution is -0.0249. The van der Waals surface area contributed by atoms with Gasteiger partial charge >= 0.3 is 0 Å². The molecule has 0 unspecified atom stereocenters. The van der Waals surface area contributed by atoms with E-state index in [0.717, 1.165) is 107 Å². The summed E-state index contributed by atoms with van der Waals surface area (Å²) in [4.78, 5) is 15.7. The summed E-state index contributed by atoms with van der Waals surface area (Å²) in [5, 5.41) is 93.1. The molecule has 3 aliphatic carbocycles. The van der Waals surface area contributed by atoms with Crippen LogP contribution in [0.25, 0.3) is 44.2 Å². The van der Waals surface area contributed by atoms with Gasteiger partial charge < -0.3 is 50.2 Å². The van der Waals surface area contributed by atoms with E-state index in [1.165, 1.54) is 17.2 Å². The van der Waals surface area contributed by atoms with Crippen molar-refractivity contribution in [1.82, 2.24) is 5.32 Å². The minimum atomic E-state index is -1.00. The van der Waals surface area contributed by atoms with E-state index in [9.17, 15) is 35.7 Å². The summed E-state index contributed by atoms with van der Waals surface area (Å²) in [6.07, 6.45) is 7.77. The Balaban J connectivity index is 1.01. The maximum absolute atomic E-state index is 15.7. The Kier molecular flexibility index (Phi) is 16.1. The second-order valence-electron chi connectivity index (χ2n) is 25.7. The van der Waals surface area contributed by atoms with Crippen LogP contribution in [-0.2, 0) is 25.0 Å². The highest BCUT2D eigenvalue weighted by molar-refractivity contribution is 8.77. The molecule has 2 saturated heterocycles. The van der Waals surface area contributed by atoms with Crippen LogP contribution in [-0.4, -0.2) is 94.8 Å². The minimum Gasteiger partial charge on any atom is -0.507 e. The molecule has 11 nitrogen and oxygen atoms in total. The smallest absolute Gasteiger partial charge is 0.238 e. The molecule has 1 aromatic heterocycles. The van der Waals surface area contributed by atoms with Gasteiger partial charge in [0.05, 0.1) is 28.6 Å². The third-order valence-electron chi connectivity index (χ3n) is 19.9. The fourth-order valence-electron chi connectivity index (χ4n) is 16.0. The molecule has 3 fully saturated rings. The molecule has 17 rings (SSSR count). The number of aliphatic hydroxyl groups excluding tert-OH is 3. The second kappa shape index (κ2) is 23.3. The predicted molar refractivity (Wildman–Crippen MR) is 344 cm³/mol. The van der Waals surface area contributed by atoms with Gasteiger partial charge in [0.15, 0.2) is 5.76 Å². The van der Waals surface area contributed by atoms with E-state index in [1.807, 2.05) is 38.4 Å². The molecule has 440 valence electrons. The number of hydrogen-bond donors (Lipinski definition) is 8. The third-order valence-corrected chi connectivity index (χ3v) is 28.2. The molecule has 0 radical (unpaired) electrons. The van der Waals surface area contributed by atoms with Crippen LogP contribution in [0.5, 0.6) is 23.0 Å². The lowest BCUT2D eigenvalue weighted by atomic mass is 9.64.